The highest BCUT2D eigenvalue weighted by atomic mass is 35.5. The van der Waals surface area contributed by atoms with E-state index in [1.54, 1.807) is 12.1 Å². The van der Waals surface area contributed by atoms with Gasteiger partial charge in [0.05, 0.1) is 5.02 Å². The Kier molecular flexibility index (Phi) is 3.76. The van der Waals surface area contributed by atoms with E-state index in [1.807, 2.05) is 30.3 Å². The number of aromatic nitrogens is 2. The Balaban J connectivity index is 2.20. The molecule has 1 N–H and O–H groups in total. The van der Waals surface area contributed by atoms with E-state index < -0.39 is 5.82 Å². The maximum absolute atomic E-state index is 13.7. The van der Waals surface area contributed by atoms with Crippen molar-refractivity contribution in [3.8, 4) is 22.4 Å². The van der Waals surface area contributed by atoms with Crippen LogP contribution in [-0.2, 0) is 6.42 Å². The van der Waals surface area contributed by atoms with Crippen molar-refractivity contribution >= 4 is 11.6 Å². The van der Waals surface area contributed by atoms with Crippen LogP contribution in [0.5, 0.6) is 0 Å². The minimum absolute atomic E-state index is 0.117. The Labute approximate surface area is 127 Å². The third kappa shape index (κ3) is 2.57. The zero-order valence-corrected chi connectivity index (χ0v) is 12.3. The summed E-state index contributed by atoms with van der Waals surface area (Å²) in [7, 11) is 0. The van der Waals surface area contributed by atoms with Crippen molar-refractivity contribution in [3.05, 3.63) is 65.1 Å². The highest BCUT2D eigenvalue weighted by Crippen LogP contribution is 2.34. The summed E-state index contributed by atoms with van der Waals surface area (Å²) in [6, 6.07) is 14.7. The topological polar surface area (TPSA) is 28.7 Å². The van der Waals surface area contributed by atoms with Gasteiger partial charge in [-0.2, -0.15) is 5.10 Å². The van der Waals surface area contributed by atoms with E-state index >= 15 is 0 Å². The van der Waals surface area contributed by atoms with E-state index in [0.29, 0.717) is 5.56 Å². The summed E-state index contributed by atoms with van der Waals surface area (Å²) in [5.74, 6) is -0.436. The largest absolute Gasteiger partial charge is 0.281 e. The van der Waals surface area contributed by atoms with Crippen molar-refractivity contribution < 1.29 is 4.39 Å². The number of hydrogen-bond acceptors (Lipinski definition) is 1. The molecule has 0 amide bonds. The zero-order valence-electron chi connectivity index (χ0n) is 11.5. The second-order valence-electron chi connectivity index (χ2n) is 4.77. The fraction of sp³-hybridized carbons (Fsp3) is 0.118. The fourth-order valence-corrected chi connectivity index (χ4v) is 2.52. The number of halogens is 2. The van der Waals surface area contributed by atoms with E-state index in [2.05, 4.69) is 17.1 Å². The van der Waals surface area contributed by atoms with Crippen molar-refractivity contribution in [3.63, 3.8) is 0 Å². The molecule has 0 unspecified atom stereocenters. The van der Waals surface area contributed by atoms with Gasteiger partial charge in [0, 0.05) is 16.8 Å². The first kappa shape index (κ1) is 13.8. The summed E-state index contributed by atoms with van der Waals surface area (Å²) in [6.45, 7) is 2.06. The van der Waals surface area contributed by atoms with Crippen LogP contribution in [0.4, 0.5) is 4.39 Å². The van der Waals surface area contributed by atoms with Crippen LogP contribution < -0.4 is 0 Å². The molecular formula is C17H14ClFN2. The van der Waals surface area contributed by atoms with Gasteiger partial charge in [0.25, 0.3) is 0 Å². The average molecular weight is 301 g/mol. The third-order valence-electron chi connectivity index (χ3n) is 3.45. The minimum atomic E-state index is -0.436. The van der Waals surface area contributed by atoms with Gasteiger partial charge in [0.1, 0.15) is 11.5 Å². The van der Waals surface area contributed by atoms with E-state index in [4.69, 9.17) is 11.6 Å². The van der Waals surface area contributed by atoms with Gasteiger partial charge in [-0.05, 0) is 24.1 Å². The molecule has 1 heterocycles. The highest BCUT2D eigenvalue weighted by molar-refractivity contribution is 6.30. The first-order valence-electron chi connectivity index (χ1n) is 6.78. The van der Waals surface area contributed by atoms with Crippen LogP contribution in [0.2, 0.25) is 5.02 Å². The number of nitrogens with one attached hydrogen (secondary N) is 1. The first-order chi connectivity index (χ1) is 10.2. The van der Waals surface area contributed by atoms with Gasteiger partial charge >= 0.3 is 0 Å². The molecule has 2 aromatic carbocycles. The molecule has 0 aliphatic heterocycles. The molecule has 1 aromatic heterocycles. The molecule has 2 nitrogen and oxygen atoms in total. The van der Waals surface area contributed by atoms with Crippen LogP contribution in [0, 0.1) is 5.82 Å². The lowest BCUT2D eigenvalue weighted by Crippen LogP contribution is -1.87. The van der Waals surface area contributed by atoms with Crippen molar-refractivity contribution in [1.29, 1.82) is 0 Å². The second-order valence-corrected chi connectivity index (χ2v) is 5.18. The number of rotatable bonds is 3. The maximum Gasteiger partial charge on any atom is 0.142 e. The molecule has 0 bridgehead atoms. The molecule has 0 saturated heterocycles. The number of benzene rings is 2. The Morgan fingerprint density at radius 2 is 1.86 bits per heavy atom. The Hall–Kier alpha value is -2.13. The van der Waals surface area contributed by atoms with E-state index in [0.717, 1.165) is 28.9 Å². The lowest BCUT2D eigenvalue weighted by atomic mass is 9.98. The van der Waals surface area contributed by atoms with Crippen LogP contribution >= 0.6 is 11.6 Å². The average Bonchev–Trinajstić information content (AvgIpc) is 2.95. The molecule has 0 radical (unpaired) electrons. The molecule has 3 rings (SSSR count). The van der Waals surface area contributed by atoms with Gasteiger partial charge in [0.2, 0.25) is 0 Å². The van der Waals surface area contributed by atoms with Crippen LogP contribution in [0.1, 0.15) is 12.6 Å². The summed E-state index contributed by atoms with van der Waals surface area (Å²) in [5.41, 5.74) is 4.57. The van der Waals surface area contributed by atoms with Crippen LogP contribution in [0.3, 0.4) is 0 Å². The molecule has 0 aliphatic rings. The molecule has 21 heavy (non-hydrogen) atoms. The summed E-state index contributed by atoms with van der Waals surface area (Å²) in [5, 5.41) is 7.54. The van der Waals surface area contributed by atoms with Gasteiger partial charge in [-0.25, -0.2) is 4.39 Å². The molecule has 0 saturated carbocycles. The van der Waals surface area contributed by atoms with Gasteiger partial charge < -0.3 is 0 Å². The van der Waals surface area contributed by atoms with Crippen molar-refractivity contribution in [1.82, 2.24) is 10.2 Å². The van der Waals surface area contributed by atoms with E-state index in [9.17, 15) is 4.39 Å². The number of nitrogens with zero attached hydrogens (tertiary/aromatic N) is 1. The molecule has 4 heteroatoms. The van der Waals surface area contributed by atoms with E-state index in [-0.39, 0.29) is 5.02 Å². The second kappa shape index (κ2) is 5.70. The number of aromatic amines is 1. The highest BCUT2D eigenvalue weighted by Gasteiger charge is 2.16. The predicted molar refractivity (Wildman–Crippen MR) is 83.8 cm³/mol. The SMILES string of the molecule is CCc1[nH]nc(-c2ccc(Cl)c(F)c2)c1-c1ccccc1. The van der Waals surface area contributed by atoms with Crippen LogP contribution in [0.15, 0.2) is 48.5 Å². The Morgan fingerprint density at radius 1 is 1.10 bits per heavy atom. The van der Waals surface area contributed by atoms with Gasteiger partial charge in [-0.15, -0.1) is 0 Å². The van der Waals surface area contributed by atoms with Crippen molar-refractivity contribution in [2.75, 3.05) is 0 Å². The summed E-state index contributed by atoms with van der Waals surface area (Å²) < 4.78 is 13.7. The molecule has 0 spiro atoms. The maximum atomic E-state index is 13.7. The van der Waals surface area contributed by atoms with Crippen molar-refractivity contribution in [2.24, 2.45) is 0 Å². The predicted octanol–water partition coefficient (Wildman–Crippen LogP) is 5.10. The monoisotopic (exact) mass is 300 g/mol. The van der Waals surface area contributed by atoms with Crippen LogP contribution in [-0.4, -0.2) is 10.2 Å². The fourth-order valence-electron chi connectivity index (χ4n) is 2.40. The summed E-state index contributed by atoms with van der Waals surface area (Å²) in [6.07, 6.45) is 0.827. The molecule has 0 fully saturated rings. The van der Waals surface area contributed by atoms with E-state index in [1.165, 1.54) is 6.07 Å². The van der Waals surface area contributed by atoms with Gasteiger partial charge in [-0.3, -0.25) is 5.10 Å². The molecule has 106 valence electrons. The van der Waals surface area contributed by atoms with Gasteiger partial charge in [-0.1, -0.05) is 54.9 Å². The Morgan fingerprint density at radius 3 is 2.52 bits per heavy atom. The Bertz CT molecular complexity index is 766. The summed E-state index contributed by atoms with van der Waals surface area (Å²) in [4.78, 5) is 0. The third-order valence-corrected chi connectivity index (χ3v) is 3.76. The summed E-state index contributed by atoms with van der Waals surface area (Å²) >= 11 is 5.75. The standard InChI is InChI=1S/C17H14ClFN2/c1-2-15-16(11-6-4-3-5-7-11)17(21-20-15)12-8-9-13(18)14(19)10-12/h3-10H,2H2,1H3,(H,20,21). The molecular weight excluding hydrogens is 287 g/mol. The quantitative estimate of drug-likeness (QED) is 0.716. The zero-order chi connectivity index (χ0) is 14.8. The number of H-pyrrole nitrogens is 1. The minimum Gasteiger partial charge on any atom is -0.281 e. The smallest absolute Gasteiger partial charge is 0.142 e. The van der Waals surface area contributed by atoms with Crippen molar-refractivity contribution in [2.45, 2.75) is 13.3 Å². The van der Waals surface area contributed by atoms with Gasteiger partial charge in [0.15, 0.2) is 0 Å². The van der Waals surface area contributed by atoms with Crippen LogP contribution in [0.25, 0.3) is 22.4 Å². The molecule has 0 atom stereocenters. The first-order valence-corrected chi connectivity index (χ1v) is 7.16. The molecule has 3 aromatic rings. The number of aryl methyl sites for hydroxylation is 1. The lowest BCUT2D eigenvalue weighted by Gasteiger charge is -2.06. The lowest BCUT2D eigenvalue weighted by molar-refractivity contribution is 0.628. The normalized spacial score (nSPS) is 10.8. The number of hydrogen-bond donors (Lipinski definition) is 1. The molecule has 0 aliphatic carbocycles.